The lowest BCUT2D eigenvalue weighted by molar-refractivity contribution is 0.0354. The number of piperazine rings is 1. The second kappa shape index (κ2) is 7.34. The zero-order valence-corrected chi connectivity index (χ0v) is 16.8. The normalized spacial score (nSPS) is 25.4. The van der Waals surface area contributed by atoms with E-state index in [1.54, 1.807) is 6.20 Å². The van der Waals surface area contributed by atoms with Crippen LogP contribution in [0, 0.1) is 13.8 Å². The molecule has 2 fully saturated rings. The summed E-state index contributed by atoms with van der Waals surface area (Å²) in [6.45, 7) is 7.60. The predicted molar refractivity (Wildman–Crippen MR) is 107 cm³/mol. The number of fused-ring (bicyclic) bond motifs is 1. The Balaban J connectivity index is 1.54. The minimum Gasteiger partial charge on any atom is -0.292 e. The molecule has 144 valence electrons. The van der Waals surface area contributed by atoms with Crippen molar-refractivity contribution in [3.05, 3.63) is 65.0 Å². The van der Waals surface area contributed by atoms with Crippen LogP contribution in [0.25, 0.3) is 0 Å². The third-order valence-corrected chi connectivity index (χ3v) is 7.38. The second-order valence-electron chi connectivity index (χ2n) is 8.01. The molecular weight excluding hydrogens is 358 g/mol. The van der Waals surface area contributed by atoms with Gasteiger partial charge in [0.2, 0.25) is 0 Å². The van der Waals surface area contributed by atoms with E-state index in [1.807, 2.05) is 12.3 Å². The van der Waals surface area contributed by atoms with Gasteiger partial charge < -0.3 is 0 Å². The van der Waals surface area contributed by atoms with Gasteiger partial charge in [-0.2, -0.15) is 0 Å². The zero-order valence-electron chi connectivity index (χ0n) is 16.0. The third kappa shape index (κ3) is 4.23. The van der Waals surface area contributed by atoms with E-state index < -0.39 is 9.84 Å². The molecule has 0 unspecified atom stereocenters. The summed E-state index contributed by atoms with van der Waals surface area (Å²) in [6.07, 6.45) is 3.65. The van der Waals surface area contributed by atoms with Gasteiger partial charge in [-0.05, 0) is 31.0 Å². The highest BCUT2D eigenvalue weighted by molar-refractivity contribution is 7.91. The molecule has 1 aromatic heterocycles. The van der Waals surface area contributed by atoms with Gasteiger partial charge in [0.1, 0.15) is 0 Å². The fraction of sp³-hybridized carbons (Fsp3) is 0.476. The first-order valence-corrected chi connectivity index (χ1v) is 11.4. The van der Waals surface area contributed by atoms with Crippen molar-refractivity contribution < 1.29 is 8.42 Å². The molecule has 2 aliphatic rings. The Bertz CT molecular complexity index is 894. The van der Waals surface area contributed by atoms with Crippen LogP contribution in [0.4, 0.5) is 0 Å². The smallest absolute Gasteiger partial charge is 0.153 e. The topological polar surface area (TPSA) is 53.5 Å². The first kappa shape index (κ1) is 18.6. The summed E-state index contributed by atoms with van der Waals surface area (Å²) in [5.41, 5.74) is 4.94. The van der Waals surface area contributed by atoms with Gasteiger partial charge in [-0.15, -0.1) is 0 Å². The Morgan fingerprint density at radius 3 is 2.11 bits per heavy atom. The maximum atomic E-state index is 12.4. The number of rotatable bonds is 4. The van der Waals surface area contributed by atoms with Crippen LogP contribution in [0.3, 0.4) is 0 Å². The standard InChI is InChI=1S/C21H27N3O2S/c1-16-8-17(2)10-19(9-16)13-24-7-6-23(12-18-4-3-5-22-11-18)20-14-27(25,26)15-21(20)24/h3-5,8-11,20-21H,6-7,12-15H2,1-2H3/t20-,21+/m1/s1. The van der Waals surface area contributed by atoms with E-state index in [1.165, 1.54) is 16.7 Å². The van der Waals surface area contributed by atoms with Crippen molar-refractivity contribution in [2.75, 3.05) is 24.6 Å². The molecular formula is C21H27N3O2S. The van der Waals surface area contributed by atoms with Crippen LogP contribution in [0.2, 0.25) is 0 Å². The number of nitrogens with zero attached hydrogens (tertiary/aromatic N) is 3. The van der Waals surface area contributed by atoms with E-state index in [-0.39, 0.29) is 23.6 Å². The summed E-state index contributed by atoms with van der Waals surface area (Å²) in [5, 5.41) is 0. The molecule has 0 aliphatic carbocycles. The molecule has 0 amide bonds. The summed E-state index contributed by atoms with van der Waals surface area (Å²) in [5.74, 6) is 0.535. The number of benzene rings is 1. The summed E-state index contributed by atoms with van der Waals surface area (Å²) < 4.78 is 24.9. The molecule has 0 spiro atoms. The van der Waals surface area contributed by atoms with Gasteiger partial charge >= 0.3 is 0 Å². The van der Waals surface area contributed by atoms with Gasteiger partial charge in [-0.25, -0.2) is 8.42 Å². The van der Waals surface area contributed by atoms with Crippen LogP contribution in [-0.2, 0) is 22.9 Å². The van der Waals surface area contributed by atoms with Crippen LogP contribution in [-0.4, -0.2) is 59.9 Å². The lowest BCUT2D eigenvalue weighted by Gasteiger charge is -2.44. The molecule has 2 saturated heterocycles. The van der Waals surface area contributed by atoms with Crippen LogP contribution in [0.1, 0.15) is 22.3 Å². The highest BCUT2D eigenvalue weighted by Gasteiger charge is 2.46. The minimum absolute atomic E-state index is 0.0647. The van der Waals surface area contributed by atoms with Crippen LogP contribution < -0.4 is 0 Å². The Morgan fingerprint density at radius 2 is 1.56 bits per heavy atom. The van der Waals surface area contributed by atoms with E-state index >= 15 is 0 Å². The number of pyridine rings is 1. The molecule has 2 atom stereocenters. The van der Waals surface area contributed by atoms with E-state index in [0.29, 0.717) is 0 Å². The van der Waals surface area contributed by atoms with Crippen molar-refractivity contribution in [2.45, 2.75) is 39.0 Å². The zero-order chi connectivity index (χ0) is 19.0. The van der Waals surface area contributed by atoms with Gasteiger partial charge in [0.15, 0.2) is 9.84 Å². The largest absolute Gasteiger partial charge is 0.292 e. The van der Waals surface area contributed by atoms with Crippen molar-refractivity contribution in [1.29, 1.82) is 0 Å². The molecule has 0 bridgehead atoms. The van der Waals surface area contributed by atoms with E-state index in [2.05, 4.69) is 52.9 Å². The minimum atomic E-state index is -2.99. The molecule has 1 aromatic carbocycles. The number of sulfone groups is 1. The van der Waals surface area contributed by atoms with Gasteiger partial charge in [-0.1, -0.05) is 35.4 Å². The van der Waals surface area contributed by atoms with Crippen molar-refractivity contribution in [3.63, 3.8) is 0 Å². The number of hydrogen-bond donors (Lipinski definition) is 0. The summed E-state index contributed by atoms with van der Waals surface area (Å²) >= 11 is 0. The lowest BCUT2D eigenvalue weighted by atomic mass is 10.0. The SMILES string of the molecule is Cc1cc(C)cc(CN2CCN(Cc3cccnc3)[C@@H]3CS(=O)(=O)C[C@@H]32)c1. The molecule has 4 rings (SSSR count). The molecule has 6 heteroatoms. The molecule has 3 heterocycles. The molecule has 0 saturated carbocycles. The molecule has 0 radical (unpaired) electrons. The molecule has 2 aromatic rings. The Kier molecular flexibility index (Phi) is 5.05. The molecule has 5 nitrogen and oxygen atoms in total. The van der Waals surface area contributed by atoms with Crippen molar-refractivity contribution >= 4 is 9.84 Å². The fourth-order valence-electron chi connectivity index (χ4n) is 4.61. The van der Waals surface area contributed by atoms with Crippen LogP contribution >= 0.6 is 0 Å². The lowest BCUT2D eigenvalue weighted by Crippen LogP contribution is -2.58. The van der Waals surface area contributed by atoms with Crippen LogP contribution in [0.5, 0.6) is 0 Å². The summed E-state index contributed by atoms with van der Waals surface area (Å²) in [4.78, 5) is 8.91. The van der Waals surface area contributed by atoms with Gasteiger partial charge in [-0.3, -0.25) is 14.8 Å². The van der Waals surface area contributed by atoms with Gasteiger partial charge in [0.25, 0.3) is 0 Å². The second-order valence-corrected chi connectivity index (χ2v) is 10.2. The molecule has 27 heavy (non-hydrogen) atoms. The predicted octanol–water partition coefficient (Wildman–Crippen LogP) is 2.18. The van der Waals surface area contributed by atoms with E-state index in [9.17, 15) is 8.42 Å². The first-order chi connectivity index (χ1) is 12.9. The van der Waals surface area contributed by atoms with Crippen molar-refractivity contribution in [1.82, 2.24) is 14.8 Å². The monoisotopic (exact) mass is 385 g/mol. The van der Waals surface area contributed by atoms with Crippen molar-refractivity contribution in [3.8, 4) is 0 Å². The van der Waals surface area contributed by atoms with Gasteiger partial charge in [0.05, 0.1) is 11.5 Å². The summed E-state index contributed by atoms with van der Waals surface area (Å²) in [7, 11) is -2.99. The maximum absolute atomic E-state index is 12.4. The molecule has 0 N–H and O–H groups in total. The van der Waals surface area contributed by atoms with Crippen LogP contribution in [0.15, 0.2) is 42.7 Å². The fourth-order valence-corrected chi connectivity index (χ4v) is 6.65. The average molecular weight is 386 g/mol. The van der Waals surface area contributed by atoms with E-state index in [4.69, 9.17) is 0 Å². The quantitative estimate of drug-likeness (QED) is 0.808. The Labute approximate surface area is 161 Å². The number of hydrogen-bond acceptors (Lipinski definition) is 5. The molecule has 2 aliphatic heterocycles. The van der Waals surface area contributed by atoms with Crippen molar-refractivity contribution in [2.24, 2.45) is 0 Å². The summed E-state index contributed by atoms with van der Waals surface area (Å²) in [6, 6.07) is 10.7. The maximum Gasteiger partial charge on any atom is 0.153 e. The highest BCUT2D eigenvalue weighted by Crippen LogP contribution is 2.29. The first-order valence-electron chi connectivity index (χ1n) is 9.54. The van der Waals surface area contributed by atoms with Gasteiger partial charge in [0, 0.05) is 50.7 Å². The highest BCUT2D eigenvalue weighted by atomic mass is 32.2. The van der Waals surface area contributed by atoms with E-state index in [0.717, 1.165) is 31.7 Å². The Morgan fingerprint density at radius 1 is 0.963 bits per heavy atom. The average Bonchev–Trinajstić information content (AvgIpc) is 2.93. The number of aromatic nitrogens is 1. The Hall–Kier alpha value is -1.76. The third-order valence-electron chi connectivity index (χ3n) is 5.68. The number of aryl methyl sites for hydroxylation is 2.